The van der Waals surface area contributed by atoms with Gasteiger partial charge in [-0.25, -0.2) is 4.79 Å². The van der Waals surface area contributed by atoms with Gasteiger partial charge >= 0.3 is 6.03 Å². The highest BCUT2D eigenvalue weighted by Crippen LogP contribution is 2.17. The summed E-state index contributed by atoms with van der Waals surface area (Å²) in [5.41, 5.74) is 0.507. The Bertz CT molecular complexity index is 605. The molecule has 0 unspecified atom stereocenters. The summed E-state index contributed by atoms with van der Waals surface area (Å²) in [5, 5.41) is 11.4. The summed E-state index contributed by atoms with van der Waals surface area (Å²) in [6.07, 6.45) is 2.92. The molecule has 6 heteroatoms. The normalized spacial score (nSPS) is 17.3. The fraction of sp³-hybridized carbons (Fsp3) is 0.267. The molecule has 6 nitrogen and oxygen atoms in total. The molecule has 1 aromatic rings. The first-order chi connectivity index (χ1) is 10.0. The van der Waals surface area contributed by atoms with Crippen molar-refractivity contribution in [3.8, 4) is 5.75 Å². The molecular weight excluding hydrogens is 272 g/mol. The molecule has 0 bridgehead atoms. The van der Waals surface area contributed by atoms with E-state index in [2.05, 4.69) is 5.32 Å². The molecule has 1 fully saturated rings. The Kier molecular flexibility index (Phi) is 4.37. The number of nitrogens with zero attached hydrogens (tertiary/aromatic N) is 1. The lowest BCUT2D eigenvalue weighted by Crippen LogP contribution is -2.54. The van der Waals surface area contributed by atoms with E-state index in [0.29, 0.717) is 12.0 Å². The lowest BCUT2D eigenvalue weighted by Gasteiger charge is -2.26. The van der Waals surface area contributed by atoms with Crippen molar-refractivity contribution in [3.63, 3.8) is 0 Å². The largest absolute Gasteiger partial charge is 0.508 e. The Hall–Kier alpha value is -2.63. The average molecular weight is 288 g/mol. The smallest absolute Gasteiger partial charge is 0.331 e. The van der Waals surface area contributed by atoms with Gasteiger partial charge in [-0.05, 0) is 30.2 Å². The fourth-order valence-corrected chi connectivity index (χ4v) is 1.95. The van der Waals surface area contributed by atoms with Crippen LogP contribution in [0.1, 0.15) is 25.3 Å². The summed E-state index contributed by atoms with van der Waals surface area (Å²) < 4.78 is 0. The minimum absolute atomic E-state index is 0.0867. The van der Waals surface area contributed by atoms with E-state index < -0.39 is 17.8 Å². The molecule has 2 N–H and O–H groups in total. The number of nitrogens with one attached hydrogen (secondary N) is 1. The Labute approximate surface area is 122 Å². The summed E-state index contributed by atoms with van der Waals surface area (Å²) in [7, 11) is 0. The number of carbonyl (C=O) groups excluding carboxylic acids is 3. The molecule has 0 radical (unpaired) electrons. The lowest BCUT2D eigenvalue weighted by molar-refractivity contribution is -0.130. The van der Waals surface area contributed by atoms with Gasteiger partial charge in [-0.15, -0.1) is 0 Å². The van der Waals surface area contributed by atoms with Gasteiger partial charge in [-0.2, -0.15) is 0 Å². The van der Waals surface area contributed by atoms with Gasteiger partial charge in [-0.1, -0.05) is 25.5 Å². The van der Waals surface area contributed by atoms with E-state index in [1.54, 1.807) is 12.1 Å². The van der Waals surface area contributed by atoms with Crippen molar-refractivity contribution < 1.29 is 19.5 Å². The summed E-state index contributed by atoms with van der Waals surface area (Å²) in [5.74, 6) is -1.20. The Balaban J connectivity index is 2.28. The van der Waals surface area contributed by atoms with E-state index in [4.69, 9.17) is 0 Å². The fourth-order valence-electron chi connectivity index (χ4n) is 1.95. The highest BCUT2D eigenvalue weighted by atomic mass is 16.3. The van der Waals surface area contributed by atoms with Gasteiger partial charge in [0.15, 0.2) is 0 Å². The first-order valence-corrected chi connectivity index (χ1v) is 6.71. The van der Waals surface area contributed by atoms with Gasteiger partial charge in [0.1, 0.15) is 11.3 Å². The number of imide groups is 2. The first kappa shape index (κ1) is 14.8. The molecule has 2 rings (SSSR count). The third-order valence-electron chi connectivity index (χ3n) is 3.13. The van der Waals surface area contributed by atoms with Gasteiger partial charge in [0, 0.05) is 6.54 Å². The third kappa shape index (κ3) is 3.28. The van der Waals surface area contributed by atoms with E-state index in [-0.39, 0.29) is 17.9 Å². The topological polar surface area (TPSA) is 86.7 Å². The second kappa shape index (κ2) is 6.21. The van der Waals surface area contributed by atoms with E-state index in [0.717, 1.165) is 11.3 Å². The van der Waals surface area contributed by atoms with Gasteiger partial charge in [0.2, 0.25) is 0 Å². The highest BCUT2D eigenvalue weighted by molar-refractivity contribution is 6.30. The van der Waals surface area contributed by atoms with Crippen molar-refractivity contribution in [3.05, 3.63) is 35.4 Å². The minimum atomic E-state index is -0.703. The van der Waals surface area contributed by atoms with E-state index >= 15 is 0 Å². The van der Waals surface area contributed by atoms with Gasteiger partial charge in [0.25, 0.3) is 11.8 Å². The summed E-state index contributed by atoms with van der Waals surface area (Å²) >= 11 is 0. The zero-order valence-electron chi connectivity index (χ0n) is 11.6. The van der Waals surface area contributed by atoms with Crippen LogP contribution in [0.4, 0.5) is 4.79 Å². The van der Waals surface area contributed by atoms with Crippen molar-refractivity contribution in [1.82, 2.24) is 10.2 Å². The van der Waals surface area contributed by atoms with Crippen LogP contribution in [0, 0.1) is 0 Å². The predicted octanol–water partition coefficient (Wildman–Crippen LogP) is 1.65. The molecule has 0 spiro atoms. The lowest BCUT2D eigenvalue weighted by atomic mass is 10.1. The number of phenolic OH excluding ortho intramolecular Hbond substituents is 1. The van der Waals surface area contributed by atoms with Crippen LogP contribution in [0.15, 0.2) is 29.8 Å². The second-order valence-corrected chi connectivity index (χ2v) is 4.72. The number of unbranched alkanes of at least 4 members (excludes halogenated alkanes) is 1. The van der Waals surface area contributed by atoms with E-state index in [9.17, 15) is 19.5 Å². The number of phenols is 1. The number of hydrogen-bond acceptors (Lipinski definition) is 4. The van der Waals surface area contributed by atoms with Crippen LogP contribution in [0.3, 0.4) is 0 Å². The number of carbonyl (C=O) groups is 3. The molecule has 0 aromatic heterocycles. The van der Waals surface area contributed by atoms with Crippen molar-refractivity contribution >= 4 is 23.9 Å². The standard InChI is InChI=1S/C15H16N2O4/c1-2-3-8-17-14(20)12(13(19)16-15(17)21)9-10-4-6-11(18)7-5-10/h4-7,9,18H,2-3,8H2,1H3,(H,16,19,21)/b12-9-. The third-order valence-corrected chi connectivity index (χ3v) is 3.13. The molecule has 1 aliphatic rings. The SMILES string of the molecule is CCCCN1C(=O)NC(=O)/C(=C/c2ccc(O)cc2)C1=O. The van der Waals surface area contributed by atoms with Crippen LogP contribution in [0.25, 0.3) is 6.08 Å². The molecule has 1 aromatic carbocycles. The number of amides is 4. The molecule has 1 aliphatic heterocycles. The molecule has 4 amide bonds. The van der Waals surface area contributed by atoms with Crippen LogP contribution in [0.2, 0.25) is 0 Å². The number of hydrogen-bond donors (Lipinski definition) is 2. The molecular formula is C15H16N2O4. The molecule has 1 saturated heterocycles. The minimum Gasteiger partial charge on any atom is -0.508 e. The average Bonchev–Trinajstić information content (AvgIpc) is 2.45. The molecule has 0 atom stereocenters. The molecule has 0 saturated carbocycles. The van der Waals surface area contributed by atoms with Crippen LogP contribution in [-0.4, -0.2) is 34.4 Å². The molecule has 1 heterocycles. The first-order valence-electron chi connectivity index (χ1n) is 6.71. The summed E-state index contributed by atoms with van der Waals surface area (Å²) in [4.78, 5) is 36.8. The second-order valence-electron chi connectivity index (χ2n) is 4.72. The Morgan fingerprint density at radius 1 is 1.19 bits per heavy atom. The summed E-state index contributed by atoms with van der Waals surface area (Å²) in [6.45, 7) is 2.23. The number of benzene rings is 1. The number of barbiturate groups is 1. The van der Waals surface area contributed by atoms with Crippen LogP contribution in [-0.2, 0) is 9.59 Å². The Morgan fingerprint density at radius 3 is 2.48 bits per heavy atom. The maximum Gasteiger partial charge on any atom is 0.331 e. The van der Waals surface area contributed by atoms with Gasteiger partial charge in [-0.3, -0.25) is 19.8 Å². The van der Waals surface area contributed by atoms with Crippen molar-refractivity contribution in [2.45, 2.75) is 19.8 Å². The zero-order chi connectivity index (χ0) is 15.4. The van der Waals surface area contributed by atoms with Crippen LogP contribution in [0.5, 0.6) is 5.75 Å². The van der Waals surface area contributed by atoms with E-state index in [1.807, 2.05) is 6.92 Å². The highest BCUT2D eigenvalue weighted by Gasteiger charge is 2.35. The van der Waals surface area contributed by atoms with Gasteiger partial charge < -0.3 is 5.11 Å². The number of rotatable bonds is 4. The number of urea groups is 1. The zero-order valence-corrected chi connectivity index (χ0v) is 11.6. The van der Waals surface area contributed by atoms with E-state index in [1.165, 1.54) is 18.2 Å². The maximum absolute atomic E-state index is 12.3. The van der Waals surface area contributed by atoms with Crippen LogP contribution < -0.4 is 5.32 Å². The van der Waals surface area contributed by atoms with Crippen molar-refractivity contribution in [1.29, 1.82) is 0 Å². The summed E-state index contributed by atoms with van der Waals surface area (Å²) in [6, 6.07) is 5.39. The quantitative estimate of drug-likeness (QED) is 0.651. The maximum atomic E-state index is 12.3. The molecule has 110 valence electrons. The molecule has 21 heavy (non-hydrogen) atoms. The predicted molar refractivity (Wildman–Crippen MR) is 76.2 cm³/mol. The molecule has 0 aliphatic carbocycles. The monoisotopic (exact) mass is 288 g/mol. The van der Waals surface area contributed by atoms with Crippen molar-refractivity contribution in [2.24, 2.45) is 0 Å². The van der Waals surface area contributed by atoms with Crippen LogP contribution >= 0.6 is 0 Å². The van der Waals surface area contributed by atoms with Crippen molar-refractivity contribution in [2.75, 3.05) is 6.54 Å². The Morgan fingerprint density at radius 2 is 1.86 bits per heavy atom. The van der Waals surface area contributed by atoms with Gasteiger partial charge in [0.05, 0.1) is 0 Å². The number of aromatic hydroxyl groups is 1.